The highest BCUT2D eigenvalue weighted by molar-refractivity contribution is 5.77. The minimum absolute atomic E-state index is 0.101. The van der Waals surface area contributed by atoms with Crippen LogP contribution in [0.3, 0.4) is 0 Å². The molecular formula is C18H22N6O2. The Morgan fingerprint density at radius 3 is 3.00 bits per heavy atom. The second-order valence-corrected chi connectivity index (χ2v) is 6.60. The number of ether oxygens (including phenoxy) is 1. The van der Waals surface area contributed by atoms with E-state index in [4.69, 9.17) is 4.74 Å². The summed E-state index contributed by atoms with van der Waals surface area (Å²) in [4.78, 5) is 19.1. The highest BCUT2D eigenvalue weighted by Crippen LogP contribution is 2.22. The number of rotatable bonds is 4. The number of aryl methyl sites for hydroxylation is 3. The second kappa shape index (κ2) is 6.87. The van der Waals surface area contributed by atoms with Gasteiger partial charge in [0.2, 0.25) is 5.91 Å². The minimum Gasteiger partial charge on any atom is -0.367 e. The molecule has 3 heterocycles. The normalized spacial score (nSPS) is 17.8. The van der Waals surface area contributed by atoms with E-state index in [0.29, 0.717) is 32.7 Å². The van der Waals surface area contributed by atoms with Gasteiger partial charge in [0.15, 0.2) is 0 Å². The molecule has 1 atom stereocenters. The number of hydrogen-bond donors (Lipinski definition) is 0. The van der Waals surface area contributed by atoms with E-state index in [9.17, 15) is 4.79 Å². The number of para-hydroxylation sites is 1. The van der Waals surface area contributed by atoms with Crippen molar-refractivity contribution in [1.82, 2.24) is 29.4 Å². The summed E-state index contributed by atoms with van der Waals surface area (Å²) >= 11 is 0. The van der Waals surface area contributed by atoms with Crippen LogP contribution in [-0.4, -0.2) is 55.0 Å². The van der Waals surface area contributed by atoms with Crippen molar-refractivity contribution in [3.05, 3.63) is 42.0 Å². The van der Waals surface area contributed by atoms with E-state index >= 15 is 0 Å². The predicted octanol–water partition coefficient (Wildman–Crippen LogP) is 1.46. The number of fused-ring (bicyclic) bond motifs is 1. The van der Waals surface area contributed by atoms with Crippen molar-refractivity contribution >= 4 is 16.9 Å². The van der Waals surface area contributed by atoms with Gasteiger partial charge in [-0.1, -0.05) is 17.3 Å². The SMILES string of the molecule is Cc1cn(C)c([C@@H]2CN(C(=O)CCn3nnc4ccccc43)CCO2)n1. The third kappa shape index (κ3) is 3.20. The van der Waals surface area contributed by atoms with Crippen LogP contribution < -0.4 is 0 Å². The number of carbonyl (C=O) groups excluding carboxylic acids is 1. The monoisotopic (exact) mass is 354 g/mol. The first-order chi connectivity index (χ1) is 12.6. The molecule has 1 aromatic carbocycles. The zero-order valence-electron chi connectivity index (χ0n) is 15.0. The van der Waals surface area contributed by atoms with Gasteiger partial charge in [-0.15, -0.1) is 5.10 Å². The maximum atomic E-state index is 12.7. The van der Waals surface area contributed by atoms with Crippen LogP contribution in [-0.2, 0) is 23.1 Å². The van der Waals surface area contributed by atoms with Crippen molar-refractivity contribution in [2.75, 3.05) is 19.7 Å². The van der Waals surface area contributed by atoms with Crippen LogP contribution in [0.5, 0.6) is 0 Å². The number of carbonyl (C=O) groups is 1. The van der Waals surface area contributed by atoms with Crippen molar-refractivity contribution in [1.29, 1.82) is 0 Å². The third-order valence-corrected chi connectivity index (χ3v) is 4.70. The predicted molar refractivity (Wildman–Crippen MR) is 95.4 cm³/mol. The number of morpholine rings is 1. The van der Waals surface area contributed by atoms with Gasteiger partial charge in [0.25, 0.3) is 0 Å². The van der Waals surface area contributed by atoms with E-state index in [2.05, 4.69) is 15.3 Å². The third-order valence-electron chi connectivity index (χ3n) is 4.70. The van der Waals surface area contributed by atoms with Gasteiger partial charge < -0.3 is 14.2 Å². The van der Waals surface area contributed by atoms with E-state index in [0.717, 1.165) is 22.6 Å². The number of imidazole rings is 1. The van der Waals surface area contributed by atoms with Crippen molar-refractivity contribution < 1.29 is 9.53 Å². The second-order valence-electron chi connectivity index (χ2n) is 6.60. The van der Waals surface area contributed by atoms with Gasteiger partial charge in [-0.25, -0.2) is 9.67 Å². The van der Waals surface area contributed by atoms with Crippen LogP contribution in [0.1, 0.15) is 24.0 Å². The highest BCUT2D eigenvalue weighted by Gasteiger charge is 2.28. The van der Waals surface area contributed by atoms with Crippen molar-refractivity contribution in [3.8, 4) is 0 Å². The molecule has 0 aliphatic carbocycles. The van der Waals surface area contributed by atoms with Gasteiger partial charge in [-0.05, 0) is 19.1 Å². The summed E-state index contributed by atoms with van der Waals surface area (Å²) in [5.41, 5.74) is 2.74. The summed E-state index contributed by atoms with van der Waals surface area (Å²) in [6.45, 7) is 4.13. The van der Waals surface area contributed by atoms with Gasteiger partial charge in [0.1, 0.15) is 17.4 Å². The molecule has 2 aromatic heterocycles. The molecule has 1 aliphatic heterocycles. The van der Waals surface area contributed by atoms with Gasteiger partial charge >= 0.3 is 0 Å². The molecule has 0 radical (unpaired) electrons. The Bertz CT molecular complexity index is 931. The van der Waals surface area contributed by atoms with Crippen molar-refractivity contribution in [2.45, 2.75) is 26.0 Å². The zero-order valence-corrected chi connectivity index (χ0v) is 15.0. The van der Waals surface area contributed by atoms with Crippen LogP contribution in [0.25, 0.3) is 11.0 Å². The molecule has 136 valence electrons. The Kier molecular flexibility index (Phi) is 4.42. The molecule has 26 heavy (non-hydrogen) atoms. The van der Waals surface area contributed by atoms with Gasteiger partial charge in [0, 0.05) is 26.2 Å². The minimum atomic E-state index is -0.182. The average molecular weight is 354 g/mol. The lowest BCUT2D eigenvalue weighted by molar-refractivity contribution is -0.139. The Balaban J connectivity index is 1.40. The summed E-state index contributed by atoms with van der Waals surface area (Å²) in [5.74, 6) is 0.964. The zero-order chi connectivity index (χ0) is 18.1. The van der Waals surface area contributed by atoms with Gasteiger partial charge in [-0.3, -0.25) is 4.79 Å². The smallest absolute Gasteiger partial charge is 0.224 e. The fourth-order valence-electron chi connectivity index (χ4n) is 3.41. The molecule has 8 heteroatoms. The number of aromatic nitrogens is 5. The maximum Gasteiger partial charge on any atom is 0.224 e. The van der Waals surface area contributed by atoms with Crippen LogP contribution in [0.4, 0.5) is 0 Å². The van der Waals surface area contributed by atoms with Crippen molar-refractivity contribution in [3.63, 3.8) is 0 Å². The van der Waals surface area contributed by atoms with E-state index in [1.165, 1.54) is 0 Å². The summed E-state index contributed by atoms with van der Waals surface area (Å²) in [6.07, 6.45) is 2.17. The van der Waals surface area contributed by atoms with Crippen LogP contribution in [0, 0.1) is 6.92 Å². The lowest BCUT2D eigenvalue weighted by Gasteiger charge is -2.32. The lowest BCUT2D eigenvalue weighted by atomic mass is 10.2. The number of amides is 1. The number of nitrogens with zero attached hydrogens (tertiary/aromatic N) is 6. The highest BCUT2D eigenvalue weighted by atomic mass is 16.5. The van der Waals surface area contributed by atoms with Gasteiger partial charge in [0.05, 0.1) is 30.9 Å². The molecule has 0 spiro atoms. The first-order valence-corrected chi connectivity index (χ1v) is 8.79. The first-order valence-electron chi connectivity index (χ1n) is 8.79. The summed E-state index contributed by atoms with van der Waals surface area (Å²) in [7, 11) is 1.95. The van der Waals surface area contributed by atoms with Crippen LogP contribution in [0.2, 0.25) is 0 Å². The molecule has 1 amide bonds. The first kappa shape index (κ1) is 16.7. The molecular weight excluding hydrogens is 332 g/mol. The molecule has 8 nitrogen and oxygen atoms in total. The Hall–Kier alpha value is -2.74. The fraction of sp³-hybridized carbons (Fsp3) is 0.444. The average Bonchev–Trinajstić information content (AvgIpc) is 3.22. The summed E-state index contributed by atoms with van der Waals surface area (Å²) in [6, 6.07) is 7.77. The Morgan fingerprint density at radius 2 is 2.19 bits per heavy atom. The molecule has 1 saturated heterocycles. The van der Waals surface area contributed by atoms with E-state index in [-0.39, 0.29) is 12.0 Å². The molecule has 0 N–H and O–H groups in total. The summed E-state index contributed by atoms with van der Waals surface area (Å²) < 4.78 is 9.59. The molecule has 4 rings (SSSR count). The van der Waals surface area contributed by atoms with Crippen molar-refractivity contribution in [2.24, 2.45) is 7.05 Å². The largest absolute Gasteiger partial charge is 0.367 e. The Morgan fingerprint density at radius 1 is 1.35 bits per heavy atom. The molecule has 0 unspecified atom stereocenters. The molecule has 3 aromatic rings. The van der Waals surface area contributed by atoms with Gasteiger partial charge in [-0.2, -0.15) is 0 Å². The lowest BCUT2D eigenvalue weighted by Crippen LogP contribution is -2.43. The molecule has 0 saturated carbocycles. The van der Waals surface area contributed by atoms with E-state index in [1.54, 1.807) is 4.68 Å². The topological polar surface area (TPSA) is 78.1 Å². The van der Waals surface area contributed by atoms with E-state index < -0.39 is 0 Å². The van der Waals surface area contributed by atoms with Crippen LogP contribution >= 0.6 is 0 Å². The maximum absolute atomic E-state index is 12.7. The van der Waals surface area contributed by atoms with E-state index in [1.807, 2.05) is 53.9 Å². The fourth-order valence-corrected chi connectivity index (χ4v) is 3.41. The summed E-state index contributed by atoms with van der Waals surface area (Å²) in [5, 5.41) is 8.28. The number of hydrogen-bond acceptors (Lipinski definition) is 5. The molecule has 1 fully saturated rings. The molecule has 0 bridgehead atoms. The molecule has 1 aliphatic rings. The number of benzene rings is 1. The Labute approximate surface area is 151 Å². The quantitative estimate of drug-likeness (QED) is 0.709. The van der Waals surface area contributed by atoms with Crippen LogP contribution in [0.15, 0.2) is 30.5 Å². The standard InChI is InChI=1S/C18H22N6O2/c1-13-11-22(2)18(19-13)16-12-23(9-10-26-16)17(25)7-8-24-15-6-4-3-5-14(15)20-21-24/h3-6,11,16H,7-10,12H2,1-2H3/t16-/m0/s1.